The number of thiophene rings is 1. The summed E-state index contributed by atoms with van der Waals surface area (Å²) in [5, 5.41) is 6.86. The summed E-state index contributed by atoms with van der Waals surface area (Å²) in [6.45, 7) is 0. The molecule has 0 atom stereocenters. The lowest BCUT2D eigenvalue weighted by molar-refractivity contribution is 0.669. The predicted octanol–water partition coefficient (Wildman–Crippen LogP) is 12.0. The van der Waals surface area contributed by atoms with Gasteiger partial charge in [0.2, 0.25) is 0 Å². The Kier molecular flexibility index (Phi) is 6.01. The van der Waals surface area contributed by atoms with Gasteiger partial charge in [-0.1, -0.05) is 115 Å². The Hall–Kier alpha value is -6.17. The number of fused-ring (bicyclic) bond motifs is 7. The lowest BCUT2D eigenvalue weighted by atomic mass is 9.97. The standard InChI is InChI=1S/C43H25N3OS/c1-2-12-27(13-3-1)34-24-30(25-38-40(34)32-16-7-9-20-37(32)48-38)42-44-41(29-22-21-26-11-4-5-14-28(26)23-29)45-43(46-42)33-17-10-19-36-39(33)31-15-6-8-18-35(31)47-36/h1-25H. The van der Waals surface area contributed by atoms with Crippen LogP contribution in [0.4, 0.5) is 0 Å². The molecule has 0 aliphatic carbocycles. The van der Waals surface area contributed by atoms with Gasteiger partial charge in [-0.25, -0.2) is 15.0 Å². The second-order valence-electron chi connectivity index (χ2n) is 12.0. The molecule has 0 radical (unpaired) electrons. The largest absolute Gasteiger partial charge is 0.456 e. The van der Waals surface area contributed by atoms with Gasteiger partial charge in [0.25, 0.3) is 0 Å². The number of hydrogen-bond acceptors (Lipinski definition) is 5. The van der Waals surface area contributed by atoms with Gasteiger partial charge in [0.05, 0.1) is 0 Å². The Balaban J connectivity index is 1.27. The first-order chi connectivity index (χ1) is 23.8. The first-order valence-electron chi connectivity index (χ1n) is 15.9. The summed E-state index contributed by atoms with van der Waals surface area (Å²) in [5.74, 6) is 1.87. The first-order valence-corrected chi connectivity index (χ1v) is 16.8. The topological polar surface area (TPSA) is 51.8 Å². The minimum absolute atomic E-state index is 0.609. The van der Waals surface area contributed by atoms with Crippen molar-refractivity contribution in [3.05, 3.63) is 152 Å². The summed E-state index contributed by atoms with van der Waals surface area (Å²) in [5.41, 5.74) is 6.77. The van der Waals surface area contributed by atoms with Crippen molar-refractivity contribution >= 4 is 64.2 Å². The highest BCUT2D eigenvalue weighted by Gasteiger charge is 2.20. The third-order valence-electron chi connectivity index (χ3n) is 9.11. The number of furan rings is 1. The highest BCUT2D eigenvalue weighted by molar-refractivity contribution is 7.26. The number of nitrogens with zero attached hydrogens (tertiary/aromatic N) is 3. The Morgan fingerprint density at radius 2 is 1.10 bits per heavy atom. The average Bonchev–Trinajstić information content (AvgIpc) is 3.73. The molecule has 7 aromatic carbocycles. The molecule has 0 aliphatic rings. The number of hydrogen-bond donors (Lipinski definition) is 0. The van der Waals surface area contributed by atoms with Crippen LogP contribution in [0.1, 0.15) is 0 Å². The molecule has 0 amide bonds. The maximum absolute atomic E-state index is 6.26. The van der Waals surface area contributed by atoms with Gasteiger partial charge in [0.1, 0.15) is 11.2 Å². The molecular weight excluding hydrogens is 607 g/mol. The van der Waals surface area contributed by atoms with E-state index in [-0.39, 0.29) is 0 Å². The van der Waals surface area contributed by atoms with Crippen molar-refractivity contribution in [2.24, 2.45) is 0 Å². The summed E-state index contributed by atoms with van der Waals surface area (Å²) >= 11 is 1.80. The van der Waals surface area contributed by atoms with E-state index in [2.05, 4.69) is 121 Å². The molecule has 0 N–H and O–H groups in total. The van der Waals surface area contributed by atoms with Crippen molar-refractivity contribution in [1.82, 2.24) is 15.0 Å². The molecule has 5 heteroatoms. The normalized spacial score (nSPS) is 11.8. The third kappa shape index (κ3) is 4.33. The molecule has 4 nitrogen and oxygen atoms in total. The fourth-order valence-corrected chi connectivity index (χ4v) is 8.04. The molecular formula is C43H25N3OS. The molecule has 0 saturated heterocycles. The lowest BCUT2D eigenvalue weighted by Crippen LogP contribution is -2.00. The molecule has 0 spiro atoms. The third-order valence-corrected chi connectivity index (χ3v) is 10.2. The Labute approximate surface area is 279 Å². The molecule has 0 aliphatic heterocycles. The van der Waals surface area contributed by atoms with Crippen molar-refractivity contribution < 1.29 is 4.42 Å². The van der Waals surface area contributed by atoms with Gasteiger partial charge in [0, 0.05) is 47.6 Å². The molecule has 224 valence electrons. The summed E-state index contributed by atoms with van der Waals surface area (Å²) in [7, 11) is 0. The van der Waals surface area contributed by atoms with Crippen LogP contribution in [-0.4, -0.2) is 15.0 Å². The zero-order chi connectivity index (χ0) is 31.6. The van der Waals surface area contributed by atoms with Gasteiger partial charge in [-0.3, -0.25) is 0 Å². The van der Waals surface area contributed by atoms with E-state index in [0.29, 0.717) is 17.5 Å². The van der Waals surface area contributed by atoms with Crippen LogP contribution < -0.4 is 0 Å². The predicted molar refractivity (Wildman–Crippen MR) is 199 cm³/mol. The maximum atomic E-state index is 6.26. The molecule has 0 saturated carbocycles. The Morgan fingerprint density at radius 1 is 0.396 bits per heavy atom. The summed E-state index contributed by atoms with van der Waals surface area (Å²) in [4.78, 5) is 15.6. The van der Waals surface area contributed by atoms with Gasteiger partial charge in [-0.15, -0.1) is 11.3 Å². The van der Waals surface area contributed by atoms with Gasteiger partial charge in [0.15, 0.2) is 17.5 Å². The smallest absolute Gasteiger partial charge is 0.164 e. The van der Waals surface area contributed by atoms with E-state index in [9.17, 15) is 0 Å². The summed E-state index contributed by atoms with van der Waals surface area (Å²) in [6, 6.07) is 52.7. The first kappa shape index (κ1) is 27.0. The summed E-state index contributed by atoms with van der Waals surface area (Å²) < 4.78 is 8.72. The minimum Gasteiger partial charge on any atom is -0.456 e. The van der Waals surface area contributed by atoms with E-state index in [4.69, 9.17) is 19.4 Å². The van der Waals surface area contributed by atoms with Crippen molar-refractivity contribution in [3.63, 3.8) is 0 Å². The fourth-order valence-electron chi connectivity index (χ4n) is 6.87. The van der Waals surface area contributed by atoms with Crippen LogP contribution >= 0.6 is 11.3 Å². The van der Waals surface area contributed by atoms with E-state index in [0.717, 1.165) is 55.1 Å². The molecule has 0 bridgehead atoms. The van der Waals surface area contributed by atoms with E-state index in [1.54, 1.807) is 11.3 Å². The van der Waals surface area contributed by atoms with Crippen LogP contribution in [0.5, 0.6) is 0 Å². The van der Waals surface area contributed by atoms with E-state index < -0.39 is 0 Å². The van der Waals surface area contributed by atoms with E-state index in [1.165, 1.54) is 25.6 Å². The van der Waals surface area contributed by atoms with Gasteiger partial charge in [-0.2, -0.15) is 0 Å². The molecule has 0 fully saturated rings. The molecule has 0 unspecified atom stereocenters. The molecule has 3 aromatic heterocycles. The van der Waals surface area contributed by atoms with E-state index >= 15 is 0 Å². The van der Waals surface area contributed by atoms with Crippen LogP contribution in [0, 0.1) is 0 Å². The molecule has 10 aromatic rings. The van der Waals surface area contributed by atoms with Gasteiger partial charge >= 0.3 is 0 Å². The highest BCUT2D eigenvalue weighted by Crippen LogP contribution is 2.43. The second kappa shape index (κ2) is 10.7. The fraction of sp³-hybridized carbons (Fsp3) is 0. The van der Waals surface area contributed by atoms with E-state index in [1.807, 2.05) is 30.3 Å². The SMILES string of the molecule is c1ccc(-c2cc(-c3nc(-c4ccc5ccccc5c4)nc(-c4cccc5oc6ccccc6c45)n3)cc3sc4ccccc4c23)cc1. The number of para-hydroxylation sites is 1. The number of rotatable bonds is 4. The zero-order valence-electron chi connectivity index (χ0n) is 25.6. The monoisotopic (exact) mass is 631 g/mol. The highest BCUT2D eigenvalue weighted by atomic mass is 32.1. The molecule has 3 heterocycles. The number of aromatic nitrogens is 3. The van der Waals surface area contributed by atoms with Crippen LogP contribution in [0.25, 0.3) is 98.2 Å². The van der Waals surface area contributed by atoms with Crippen LogP contribution in [-0.2, 0) is 0 Å². The van der Waals surface area contributed by atoms with Crippen molar-refractivity contribution in [2.45, 2.75) is 0 Å². The Bertz CT molecular complexity index is 2850. The van der Waals surface area contributed by atoms with Gasteiger partial charge < -0.3 is 4.42 Å². The summed E-state index contributed by atoms with van der Waals surface area (Å²) in [6.07, 6.45) is 0. The second-order valence-corrected chi connectivity index (χ2v) is 13.1. The lowest BCUT2D eigenvalue weighted by Gasteiger charge is -2.12. The Morgan fingerprint density at radius 3 is 2.00 bits per heavy atom. The maximum Gasteiger partial charge on any atom is 0.164 e. The van der Waals surface area contributed by atoms with Gasteiger partial charge in [-0.05, 0) is 58.3 Å². The number of benzene rings is 7. The average molecular weight is 632 g/mol. The van der Waals surface area contributed by atoms with Crippen molar-refractivity contribution in [1.29, 1.82) is 0 Å². The van der Waals surface area contributed by atoms with Crippen LogP contribution in [0.15, 0.2) is 156 Å². The van der Waals surface area contributed by atoms with Crippen molar-refractivity contribution in [3.8, 4) is 45.3 Å². The van der Waals surface area contributed by atoms with Crippen molar-refractivity contribution in [2.75, 3.05) is 0 Å². The molecule has 48 heavy (non-hydrogen) atoms. The van der Waals surface area contributed by atoms with Crippen LogP contribution in [0.3, 0.4) is 0 Å². The van der Waals surface area contributed by atoms with Crippen LogP contribution in [0.2, 0.25) is 0 Å². The molecule has 10 rings (SSSR count). The zero-order valence-corrected chi connectivity index (χ0v) is 26.4. The minimum atomic E-state index is 0.609. The quantitative estimate of drug-likeness (QED) is 0.194.